The average Bonchev–Trinajstić information content (AvgIpc) is 2.30. The van der Waals surface area contributed by atoms with E-state index in [4.69, 9.17) is 9.47 Å². The Labute approximate surface area is 97.9 Å². The Kier molecular flexibility index (Phi) is 5.22. The zero-order valence-electron chi connectivity index (χ0n) is 10.6. The highest BCUT2D eigenvalue weighted by Crippen LogP contribution is 2.25. The van der Waals surface area contributed by atoms with E-state index in [1.54, 1.807) is 0 Å². The van der Waals surface area contributed by atoms with E-state index in [1.165, 1.54) is 0 Å². The molecule has 1 heterocycles. The summed E-state index contributed by atoms with van der Waals surface area (Å²) in [6.45, 7) is 9.89. The van der Waals surface area contributed by atoms with Gasteiger partial charge in [-0.1, -0.05) is 6.92 Å². The summed E-state index contributed by atoms with van der Waals surface area (Å²) in [6, 6.07) is 0. The van der Waals surface area contributed by atoms with Crippen LogP contribution in [0.15, 0.2) is 0 Å². The number of ether oxygens (including phenoxy) is 2. The highest BCUT2D eigenvalue weighted by atomic mass is 16.5. The molecule has 1 aliphatic heterocycles. The van der Waals surface area contributed by atoms with Gasteiger partial charge in [-0.2, -0.15) is 0 Å². The number of carbonyl (C=O) groups excluding carboxylic acids is 1. The molecule has 1 saturated heterocycles. The molecule has 1 rings (SSSR count). The Morgan fingerprint density at radius 1 is 1.38 bits per heavy atom. The fourth-order valence-corrected chi connectivity index (χ4v) is 2.09. The highest BCUT2D eigenvalue weighted by molar-refractivity contribution is 5.70. The molecule has 4 heteroatoms. The fraction of sp³-hybridized carbons (Fsp3) is 0.917. The standard InChI is InChI=1S/C12H23NO3/c1-4-12(3,10-11(14)16-5-2)13-6-8-15-9-7-13/h4-10H2,1-3H3/t12-/m1/s1. The number of carbonyl (C=O) groups is 1. The minimum absolute atomic E-state index is 0.0873. The quantitative estimate of drug-likeness (QED) is 0.669. The van der Waals surface area contributed by atoms with Crippen molar-refractivity contribution in [1.82, 2.24) is 4.90 Å². The van der Waals surface area contributed by atoms with Gasteiger partial charge in [0.15, 0.2) is 0 Å². The Balaban J connectivity index is 2.56. The first-order valence-corrected chi connectivity index (χ1v) is 6.11. The van der Waals surface area contributed by atoms with Gasteiger partial charge in [0.2, 0.25) is 0 Å². The van der Waals surface area contributed by atoms with Crippen molar-refractivity contribution in [1.29, 1.82) is 0 Å². The highest BCUT2D eigenvalue weighted by Gasteiger charge is 2.33. The summed E-state index contributed by atoms with van der Waals surface area (Å²) in [7, 11) is 0. The zero-order chi connectivity index (χ0) is 12.0. The average molecular weight is 229 g/mol. The number of morpholine rings is 1. The molecule has 0 saturated carbocycles. The maximum atomic E-state index is 11.6. The van der Waals surface area contributed by atoms with Crippen LogP contribution in [0.2, 0.25) is 0 Å². The maximum absolute atomic E-state index is 11.6. The van der Waals surface area contributed by atoms with Crippen LogP contribution in [0.4, 0.5) is 0 Å². The molecule has 0 bridgehead atoms. The van der Waals surface area contributed by atoms with Gasteiger partial charge in [0.1, 0.15) is 0 Å². The molecule has 4 nitrogen and oxygen atoms in total. The predicted molar refractivity (Wildman–Crippen MR) is 62.3 cm³/mol. The Hall–Kier alpha value is -0.610. The SMILES string of the molecule is CCOC(=O)C[C@@](C)(CC)N1CCOCC1. The Morgan fingerprint density at radius 3 is 2.50 bits per heavy atom. The van der Waals surface area contributed by atoms with Crippen molar-refractivity contribution in [3.8, 4) is 0 Å². The van der Waals surface area contributed by atoms with Crippen LogP contribution in [0.1, 0.15) is 33.6 Å². The second kappa shape index (κ2) is 6.21. The smallest absolute Gasteiger partial charge is 0.307 e. The van der Waals surface area contributed by atoms with E-state index in [9.17, 15) is 4.79 Å². The van der Waals surface area contributed by atoms with Gasteiger partial charge in [-0.05, 0) is 20.3 Å². The van der Waals surface area contributed by atoms with Crippen molar-refractivity contribution in [2.45, 2.75) is 39.2 Å². The molecule has 0 amide bonds. The fourth-order valence-electron chi connectivity index (χ4n) is 2.09. The van der Waals surface area contributed by atoms with Gasteiger partial charge in [-0.25, -0.2) is 0 Å². The molecule has 0 radical (unpaired) electrons. The molecule has 0 aromatic rings. The van der Waals surface area contributed by atoms with Gasteiger partial charge in [0.25, 0.3) is 0 Å². The number of hydrogen-bond acceptors (Lipinski definition) is 4. The van der Waals surface area contributed by atoms with Crippen LogP contribution < -0.4 is 0 Å². The van der Waals surface area contributed by atoms with Crippen LogP contribution in [-0.2, 0) is 14.3 Å². The lowest BCUT2D eigenvalue weighted by Gasteiger charge is -2.42. The van der Waals surface area contributed by atoms with Crippen molar-refractivity contribution >= 4 is 5.97 Å². The van der Waals surface area contributed by atoms with Gasteiger partial charge in [-0.3, -0.25) is 9.69 Å². The van der Waals surface area contributed by atoms with Gasteiger partial charge in [-0.15, -0.1) is 0 Å². The van der Waals surface area contributed by atoms with Crippen molar-refractivity contribution in [2.24, 2.45) is 0 Å². The number of nitrogens with zero attached hydrogens (tertiary/aromatic N) is 1. The molecule has 0 unspecified atom stereocenters. The molecule has 0 aromatic heterocycles. The van der Waals surface area contributed by atoms with E-state index in [0.717, 1.165) is 32.7 Å². The molecule has 1 atom stereocenters. The molecule has 0 spiro atoms. The maximum Gasteiger partial charge on any atom is 0.307 e. The molecule has 1 aliphatic rings. The van der Waals surface area contributed by atoms with Crippen LogP contribution in [-0.4, -0.2) is 49.3 Å². The van der Waals surface area contributed by atoms with Crippen molar-refractivity contribution in [2.75, 3.05) is 32.9 Å². The third kappa shape index (κ3) is 3.46. The lowest BCUT2D eigenvalue weighted by atomic mass is 9.92. The van der Waals surface area contributed by atoms with Crippen molar-refractivity contribution in [3.63, 3.8) is 0 Å². The van der Waals surface area contributed by atoms with Gasteiger partial charge < -0.3 is 9.47 Å². The van der Waals surface area contributed by atoms with Gasteiger partial charge >= 0.3 is 5.97 Å². The van der Waals surface area contributed by atoms with Crippen LogP contribution in [0.25, 0.3) is 0 Å². The summed E-state index contributed by atoms with van der Waals surface area (Å²) >= 11 is 0. The summed E-state index contributed by atoms with van der Waals surface area (Å²) in [4.78, 5) is 13.9. The molecule has 1 fully saturated rings. The van der Waals surface area contributed by atoms with E-state index < -0.39 is 0 Å². The third-order valence-corrected chi connectivity index (χ3v) is 3.37. The molecule has 94 valence electrons. The lowest BCUT2D eigenvalue weighted by Crippen LogP contribution is -2.52. The molecule has 0 aromatic carbocycles. The van der Waals surface area contributed by atoms with Crippen molar-refractivity contribution < 1.29 is 14.3 Å². The monoisotopic (exact) mass is 229 g/mol. The predicted octanol–water partition coefficient (Wildman–Crippen LogP) is 1.44. The molecule has 16 heavy (non-hydrogen) atoms. The number of rotatable bonds is 5. The second-order valence-electron chi connectivity index (χ2n) is 4.43. The van der Waals surface area contributed by atoms with E-state index in [2.05, 4.69) is 18.7 Å². The first-order valence-electron chi connectivity index (χ1n) is 6.11. The first kappa shape index (κ1) is 13.5. The molecular formula is C12H23NO3. The van der Waals surface area contributed by atoms with E-state index in [0.29, 0.717) is 13.0 Å². The molecule has 0 N–H and O–H groups in total. The summed E-state index contributed by atoms with van der Waals surface area (Å²) < 4.78 is 10.4. The van der Waals surface area contributed by atoms with Crippen molar-refractivity contribution in [3.05, 3.63) is 0 Å². The topological polar surface area (TPSA) is 38.8 Å². The van der Waals surface area contributed by atoms with E-state index >= 15 is 0 Å². The Morgan fingerprint density at radius 2 is 2.00 bits per heavy atom. The van der Waals surface area contributed by atoms with Crippen LogP contribution in [0.5, 0.6) is 0 Å². The summed E-state index contributed by atoms with van der Waals surface area (Å²) in [5, 5.41) is 0. The van der Waals surface area contributed by atoms with Crippen LogP contribution >= 0.6 is 0 Å². The largest absolute Gasteiger partial charge is 0.466 e. The van der Waals surface area contributed by atoms with Crippen LogP contribution in [0, 0.1) is 0 Å². The Bertz CT molecular complexity index is 226. The molecule has 0 aliphatic carbocycles. The van der Waals surface area contributed by atoms with Gasteiger partial charge in [0.05, 0.1) is 26.2 Å². The third-order valence-electron chi connectivity index (χ3n) is 3.37. The summed E-state index contributed by atoms with van der Waals surface area (Å²) in [5.41, 5.74) is -0.0873. The zero-order valence-corrected chi connectivity index (χ0v) is 10.6. The minimum atomic E-state index is -0.0988. The van der Waals surface area contributed by atoms with Gasteiger partial charge in [0, 0.05) is 18.6 Å². The normalized spacial score (nSPS) is 21.4. The minimum Gasteiger partial charge on any atom is -0.466 e. The lowest BCUT2D eigenvalue weighted by molar-refractivity contribution is -0.147. The summed E-state index contributed by atoms with van der Waals surface area (Å²) in [6.07, 6.45) is 1.42. The summed E-state index contributed by atoms with van der Waals surface area (Å²) in [5.74, 6) is -0.0988. The van der Waals surface area contributed by atoms with E-state index in [1.807, 2.05) is 6.92 Å². The molecular weight excluding hydrogens is 206 g/mol. The first-order chi connectivity index (χ1) is 7.62. The number of esters is 1. The number of hydrogen-bond donors (Lipinski definition) is 0. The van der Waals surface area contributed by atoms with Crippen LogP contribution in [0.3, 0.4) is 0 Å². The second-order valence-corrected chi connectivity index (χ2v) is 4.43. The van der Waals surface area contributed by atoms with E-state index in [-0.39, 0.29) is 11.5 Å².